The van der Waals surface area contributed by atoms with E-state index in [1.807, 2.05) is 0 Å². The van der Waals surface area contributed by atoms with Crippen molar-refractivity contribution in [2.24, 2.45) is 5.73 Å². The van der Waals surface area contributed by atoms with Gasteiger partial charge in [0, 0.05) is 25.1 Å². The topological polar surface area (TPSA) is 72.2 Å². The summed E-state index contributed by atoms with van der Waals surface area (Å²) in [5, 5.41) is 2.83. The average molecular weight is 374 g/mol. The first kappa shape index (κ1) is 20.3. The third-order valence-electron chi connectivity index (χ3n) is 4.22. The first-order valence-corrected chi connectivity index (χ1v) is 13.0. The molecule has 0 saturated heterocycles. The van der Waals surface area contributed by atoms with Crippen LogP contribution in [0.1, 0.15) is 84.0 Å². The van der Waals surface area contributed by atoms with Gasteiger partial charge < -0.3 is 15.5 Å². The molecule has 0 aromatic rings. The highest BCUT2D eigenvalue weighted by atomic mass is 31.3. The van der Waals surface area contributed by atoms with E-state index in [1.54, 1.807) is 0 Å². The molecule has 0 fully saturated rings. The summed E-state index contributed by atoms with van der Waals surface area (Å²) >= 11 is 0. The maximum absolute atomic E-state index is 11.9. The van der Waals surface area contributed by atoms with E-state index in [4.69, 9.17) is 8.35 Å². The number of nitrogens with two attached hydrogens (primary N) is 1. The number of hydrogen-bond donors (Lipinski definition) is 2. The van der Waals surface area contributed by atoms with Crippen LogP contribution >= 0.6 is 7.95 Å². The zero-order valence-electron chi connectivity index (χ0n) is 17.4. The molecule has 0 aliphatic heterocycles. The predicted octanol–water partition coefficient (Wildman–Crippen LogP) is 3.54. The molecular weight excluding hydrogens is 334 g/mol. The zero-order chi connectivity index (χ0) is 19.6. The van der Waals surface area contributed by atoms with Crippen LogP contribution in [-0.4, -0.2) is 37.0 Å². The van der Waals surface area contributed by atoms with Crippen molar-refractivity contribution in [1.29, 1.82) is 2.61 Å². The monoisotopic (exact) mass is 374 g/mol. The molecule has 139 valence electrons. The Kier molecular flexibility index (Phi) is 15.0. The number of unbranched alkanes of at least 4 members (excludes halogenated alkanes) is 10. The van der Waals surface area contributed by atoms with Crippen LogP contribution in [0.2, 0.25) is 6.04 Å². The van der Waals surface area contributed by atoms with E-state index in [0.717, 1.165) is 20.4 Å². The lowest BCUT2D eigenvalue weighted by Crippen LogP contribution is -2.40. The minimum atomic E-state index is -2.18. The zero-order valence-corrected chi connectivity index (χ0v) is 17.3. The van der Waals surface area contributed by atoms with Gasteiger partial charge in [0.05, 0.1) is 1.28 Å². The summed E-state index contributed by atoms with van der Waals surface area (Å²) in [6.07, 6.45) is 14.2. The Labute approximate surface area is 155 Å². The predicted molar refractivity (Wildman–Crippen MR) is 109 cm³/mol. The van der Waals surface area contributed by atoms with Gasteiger partial charge in [-0.25, -0.2) is 0 Å². The molecule has 1 amide bonds. The lowest BCUT2D eigenvalue weighted by Gasteiger charge is -2.15. The summed E-state index contributed by atoms with van der Waals surface area (Å²) in [6.45, 7) is 2.46. The van der Waals surface area contributed by atoms with E-state index < -0.39 is 16.3 Å². The van der Waals surface area contributed by atoms with Crippen LogP contribution in [0.25, 0.3) is 0 Å². The summed E-state index contributed by atoms with van der Waals surface area (Å²) in [7, 11) is -2.83. The molecule has 24 heavy (non-hydrogen) atoms. The molecule has 7 heteroatoms. The van der Waals surface area contributed by atoms with Gasteiger partial charge in [-0.1, -0.05) is 71.1 Å². The number of carbonyl (C=O) groups excluding carboxylic acids is 1. The second-order valence-electron chi connectivity index (χ2n) is 6.51. The Morgan fingerprint density at radius 1 is 1.21 bits per heavy atom. The molecule has 4 nitrogen and oxygen atoms in total. The molecular formula is C17H37BN2O2PSi. The highest BCUT2D eigenvalue weighted by Gasteiger charge is 2.14. The molecule has 0 spiro atoms. The smallest absolute Gasteiger partial charge is 0.292 e. The number of nitrogens with one attached hydrogen (secondary N) is 1. The number of hydrogen-bond acceptors (Lipinski definition) is 3. The first-order chi connectivity index (χ1) is 12.5. The van der Waals surface area contributed by atoms with Crippen molar-refractivity contribution in [1.82, 2.24) is 5.32 Å². The van der Waals surface area contributed by atoms with Crippen molar-refractivity contribution >= 4 is 29.7 Å². The lowest BCUT2D eigenvalue weighted by molar-refractivity contribution is -0.121. The molecule has 0 bridgehead atoms. The molecule has 3 N–H and O–H groups in total. The fourth-order valence-electron chi connectivity index (χ4n) is 2.71. The lowest BCUT2D eigenvalue weighted by atomic mass is 10.1. The van der Waals surface area contributed by atoms with Crippen molar-refractivity contribution in [3.05, 3.63) is 0 Å². The molecule has 1 unspecified atom stereocenters. The molecule has 0 aromatic heterocycles. The van der Waals surface area contributed by atoms with Crippen LogP contribution in [0.4, 0.5) is 0 Å². The van der Waals surface area contributed by atoms with Gasteiger partial charge in [-0.15, -0.1) is 7.95 Å². The van der Waals surface area contributed by atoms with Crippen molar-refractivity contribution < 1.29 is 9.26 Å². The summed E-state index contributed by atoms with van der Waals surface area (Å²) < 4.78 is 26.4. The van der Waals surface area contributed by atoms with E-state index in [0.29, 0.717) is 6.42 Å². The molecule has 0 aromatic carbocycles. The number of carbonyl (C=O) groups is 1. The Bertz CT molecular complexity index is 385. The third kappa shape index (κ3) is 15.5. The maximum Gasteiger partial charge on any atom is 0.292 e. The Morgan fingerprint density at radius 2 is 1.75 bits per heavy atom. The molecule has 0 saturated carbocycles. The molecule has 1 radical (unpaired) electrons. The minimum absolute atomic E-state index is 0.0460. The number of amides is 1. The Balaban J connectivity index is 3.62. The summed E-state index contributed by atoms with van der Waals surface area (Å²) in [5.41, 5.74) is 5.62. The highest BCUT2D eigenvalue weighted by molar-refractivity contribution is 7.91. The van der Waals surface area contributed by atoms with Gasteiger partial charge in [-0.2, -0.15) is 0 Å². The molecule has 0 aliphatic carbocycles. The van der Waals surface area contributed by atoms with Crippen LogP contribution in [0, 0.1) is 0 Å². The molecule has 0 heterocycles. The van der Waals surface area contributed by atoms with E-state index >= 15 is 0 Å². The van der Waals surface area contributed by atoms with E-state index in [1.165, 1.54) is 57.8 Å². The maximum atomic E-state index is 11.9. The summed E-state index contributed by atoms with van der Waals surface area (Å²) in [5.74, 6) is -0.0460. The summed E-state index contributed by atoms with van der Waals surface area (Å²) in [4.78, 5) is 11.9. The van der Waals surface area contributed by atoms with Gasteiger partial charge in [0.1, 0.15) is 7.53 Å². The van der Waals surface area contributed by atoms with Crippen molar-refractivity contribution in [3.8, 4) is 0 Å². The number of rotatable bonds is 18. The van der Waals surface area contributed by atoms with E-state index in [-0.39, 0.29) is 24.5 Å². The Morgan fingerprint density at radius 3 is 2.25 bits per heavy atom. The normalized spacial score (nSPS) is 14.4. The van der Waals surface area contributed by atoms with Gasteiger partial charge in [-0.3, -0.25) is 4.79 Å². The van der Waals surface area contributed by atoms with Crippen molar-refractivity contribution in [2.75, 3.05) is 6.54 Å². The summed E-state index contributed by atoms with van der Waals surface area (Å²) in [6, 6.07) is -0.104. The molecule has 2 atom stereocenters. The van der Waals surface area contributed by atoms with Gasteiger partial charge in [-0.05, 0) is 7.76 Å². The van der Waals surface area contributed by atoms with Gasteiger partial charge in [0.2, 0.25) is 5.91 Å². The minimum Gasteiger partial charge on any atom is -0.384 e. The van der Waals surface area contributed by atoms with Gasteiger partial charge in [0.15, 0.2) is 0 Å². The fourth-order valence-corrected chi connectivity index (χ4v) is 4.48. The standard InChI is InChI=1S/C17H37BN2O2PSi/c1-2-3-4-5-6-7-8-9-10-11-12-13-17(21)20-16(14-19)15-24(22)23-18/h16,18,23H,2-15,19H2,1H3,(H,20,21)/t16-,23?/m1/s1/i18T,23D. The SMILES string of the molecule is [2H]P([B][3H])[Si](=O)C[C@@H](CN)NC(=O)CCCCCCCCCCCCC. The highest BCUT2D eigenvalue weighted by Crippen LogP contribution is 2.12. The Hall–Kier alpha value is -0.0582. The first-order valence-electron chi connectivity index (χ1n) is 10.6. The largest absolute Gasteiger partial charge is 0.384 e. The van der Waals surface area contributed by atoms with Crippen LogP contribution in [-0.2, 0) is 9.26 Å². The van der Waals surface area contributed by atoms with Gasteiger partial charge in [0.25, 0.3) is 8.35 Å². The van der Waals surface area contributed by atoms with Crippen LogP contribution in [0.5, 0.6) is 0 Å². The quantitative estimate of drug-likeness (QED) is 0.219. The van der Waals surface area contributed by atoms with Crippen LogP contribution < -0.4 is 11.1 Å². The molecule has 0 aliphatic rings. The van der Waals surface area contributed by atoms with Crippen molar-refractivity contribution in [3.63, 3.8) is 0 Å². The third-order valence-corrected chi connectivity index (χ3v) is 6.76. The van der Waals surface area contributed by atoms with E-state index in [2.05, 4.69) is 12.2 Å². The van der Waals surface area contributed by atoms with Crippen molar-refractivity contribution in [2.45, 2.75) is 96.1 Å². The van der Waals surface area contributed by atoms with E-state index in [9.17, 15) is 9.26 Å². The second-order valence-corrected chi connectivity index (χ2v) is 10.2. The van der Waals surface area contributed by atoms with Crippen LogP contribution in [0.3, 0.4) is 0 Å². The average Bonchev–Trinajstić information content (AvgIpc) is 2.64. The van der Waals surface area contributed by atoms with Crippen LogP contribution in [0.15, 0.2) is 0 Å². The second kappa shape index (κ2) is 17.8. The van der Waals surface area contributed by atoms with Gasteiger partial charge >= 0.3 is 0 Å². The molecule has 0 rings (SSSR count). The fraction of sp³-hybridized carbons (Fsp3) is 0.941.